The van der Waals surface area contributed by atoms with Crippen molar-refractivity contribution in [3.05, 3.63) is 74.7 Å². The van der Waals surface area contributed by atoms with Gasteiger partial charge in [-0.3, -0.25) is 0 Å². The minimum Gasteiger partial charge on any atom is -0.247 e. The lowest BCUT2D eigenvalue weighted by Gasteiger charge is -2.20. The summed E-state index contributed by atoms with van der Waals surface area (Å²) in [6.07, 6.45) is 2.14. The van der Waals surface area contributed by atoms with Crippen LogP contribution in [0.3, 0.4) is 0 Å². The number of fused-ring (bicyclic) bond motifs is 6. The maximum atomic E-state index is 5.13. The minimum atomic E-state index is 1.06. The van der Waals surface area contributed by atoms with Crippen molar-refractivity contribution in [2.45, 2.75) is 12.8 Å². The third kappa shape index (κ3) is 2.22. The van der Waals surface area contributed by atoms with Crippen molar-refractivity contribution in [2.24, 2.45) is 0 Å². The molecule has 0 atom stereocenters. The largest absolute Gasteiger partial charge is 0.247 e. The maximum absolute atomic E-state index is 5.13. The van der Waals surface area contributed by atoms with Crippen LogP contribution in [0.15, 0.2) is 63.5 Å². The van der Waals surface area contributed by atoms with Gasteiger partial charge in [0.15, 0.2) is 0 Å². The Morgan fingerprint density at radius 3 is 2.33 bits per heavy atom. The lowest BCUT2D eigenvalue weighted by atomic mass is 9.88. The topological polar surface area (TPSA) is 12.9 Å². The number of nitrogens with zero attached hydrogens (tertiary/aromatic N) is 1. The Morgan fingerprint density at radius 1 is 0.708 bits per heavy atom. The molecule has 0 unspecified atom stereocenters. The molecule has 1 heterocycles. The van der Waals surface area contributed by atoms with E-state index in [1.165, 1.54) is 32.8 Å². The molecular weight excluding hydrogens is 426 g/mol. The predicted molar refractivity (Wildman–Crippen MR) is 107 cm³/mol. The van der Waals surface area contributed by atoms with Gasteiger partial charge in [-0.1, -0.05) is 56.1 Å². The lowest BCUT2D eigenvalue weighted by molar-refractivity contribution is 0.932. The fraction of sp³-hybridized carbons (Fsp3) is 0.0952. The zero-order valence-electron chi connectivity index (χ0n) is 12.8. The molecular formula is C21H13Br2N. The van der Waals surface area contributed by atoms with E-state index in [0.717, 1.165) is 33.0 Å². The van der Waals surface area contributed by atoms with Crippen LogP contribution in [0.5, 0.6) is 0 Å². The van der Waals surface area contributed by atoms with E-state index in [1.807, 2.05) is 0 Å². The number of hydrogen-bond acceptors (Lipinski definition) is 1. The number of halogens is 2. The Kier molecular flexibility index (Phi) is 3.29. The second kappa shape index (κ2) is 5.40. The highest BCUT2D eigenvalue weighted by molar-refractivity contribution is 9.10. The molecule has 24 heavy (non-hydrogen) atoms. The van der Waals surface area contributed by atoms with E-state index in [-0.39, 0.29) is 0 Å². The first kappa shape index (κ1) is 14.6. The van der Waals surface area contributed by atoms with Crippen molar-refractivity contribution in [1.29, 1.82) is 0 Å². The Hall–Kier alpha value is -1.71. The molecule has 1 aliphatic rings. The van der Waals surface area contributed by atoms with Crippen molar-refractivity contribution in [3.8, 4) is 11.3 Å². The molecule has 0 N–H and O–H groups in total. The van der Waals surface area contributed by atoms with E-state index < -0.39 is 0 Å². The molecule has 0 bridgehead atoms. The van der Waals surface area contributed by atoms with Gasteiger partial charge < -0.3 is 0 Å². The fourth-order valence-electron chi connectivity index (χ4n) is 3.65. The summed E-state index contributed by atoms with van der Waals surface area (Å²) in [5, 5.41) is 3.65. The van der Waals surface area contributed by atoms with Crippen LogP contribution in [0.4, 0.5) is 0 Å². The van der Waals surface area contributed by atoms with E-state index in [9.17, 15) is 0 Å². The molecule has 3 heteroatoms. The van der Waals surface area contributed by atoms with E-state index in [2.05, 4.69) is 86.5 Å². The summed E-state index contributed by atoms with van der Waals surface area (Å²) in [6.45, 7) is 0. The van der Waals surface area contributed by atoms with Crippen molar-refractivity contribution in [2.75, 3.05) is 0 Å². The Morgan fingerprint density at radius 2 is 1.42 bits per heavy atom. The number of pyridine rings is 1. The van der Waals surface area contributed by atoms with Gasteiger partial charge in [-0.15, -0.1) is 0 Å². The van der Waals surface area contributed by atoms with Gasteiger partial charge in [0.1, 0.15) is 0 Å². The molecule has 0 amide bonds. The summed E-state index contributed by atoms with van der Waals surface area (Å²) in [4.78, 5) is 5.13. The lowest BCUT2D eigenvalue weighted by Crippen LogP contribution is -2.06. The molecule has 0 radical (unpaired) electrons. The average Bonchev–Trinajstić information content (AvgIpc) is 2.60. The fourth-order valence-corrected chi connectivity index (χ4v) is 4.38. The van der Waals surface area contributed by atoms with Crippen molar-refractivity contribution in [1.82, 2.24) is 4.98 Å². The molecule has 4 aromatic rings. The summed E-state index contributed by atoms with van der Waals surface area (Å²) in [5.74, 6) is 0. The second-order valence-corrected chi connectivity index (χ2v) is 8.13. The molecule has 0 spiro atoms. The number of aromatic nitrogens is 1. The standard InChI is InChI=1S/C21H13Br2N/c22-16-7-5-12-1-3-14-9-15-4-2-13-6-8-17(23)11-19(13)21(15)24-20(14)18(12)10-16/h1,3,5-11H,2,4H2. The Labute approximate surface area is 157 Å². The van der Waals surface area contributed by atoms with Crippen LogP contribution >= 0.6 is 31.9 Å². The van der Waals surface area contributed by atoms with Crippen molar-refractivity contribution in [3.63, 3.8) is 0 Å². The summed E-state index contributed by atoms with van der Waals surface area (Å²) < 4.78 is 2.20. The number of hydrogen-bond donors (Lipinski definition) is 0. The first-order chi connectivity index (χ1) is 11.7. The third-order valence-electron chi connectivity index (χ3n) is 4.83. The molecule has 0 saturated carbocycles. The van der Waals surface area contributed by atoms with Crippen LogP contribution < -0.4 is 0 Å². The molecule has 1 aliphatic carbocycles. The predicted octanol–water partition coefficient (Wildman–Crippen LogP) is 6.68. The normalized spacial score (nSPS) is 13.1. The Balaban J connectivity index is 1.89. The first-order valence-corrected chi connectivity index (χ1v) is 9.58. The quantitative estimate of drug-likeness (QED) is 0.279. The molecule has 1 aromatic heterocycles. The van der Waals surface area contributed by atoms with Crippen LogP contribution in [-0.2, 0) is 12.8 Å². The minimum absolute atomic E-state index is 1.06. The van der Waals surface area contributed by atoms with Gasteiger partial charge in [0.05, 0.1) is 11.2 Å². The highest BCUT2D eigenvalue weighted by atomic mass is 79.9. The van der Waals surface area contributed by atoms with E-state index in [4.69, 9.17) is 4.98 Å². The summed E-state index contributed by atoms with van der Waals surface area (Å²) >= 11 is 7.20. The van der Waals surface area contributed by atoms with E-state index in [0.29, 0.717) is 0 Å². The molecule has 5 rings (SSSR count). The average molecular weight is 439 g/mol. The number of benzene rings is 3. The summed E-state index contributed by atoms with van der Waals surface area (Å²) in [7, 11) is 0. The van der Waals surface area contributed by atoms with Gasteiger partial charge in [0.2, 0.25) is 0 Å². The number of aryl methyl sites for hydroxylation is 2. The second-order valence-electron chi connectivity index (χ2n) is 6.30. The van der Waals surface area contributed by atoms with Gasteiger partial charge in [0, 0.05) is 25.3 Å². The van der Waals surface area contributed by atoms with Gasteiger partial charge in [-0.05, 0) is 59.7 Å². The van der Waals surface area contributed by atoms with Gasteiger partial charge >= 0.3 is 0 Å². The molecule has 1 nitrogen and oxygen atoms in total. The van der Waals surface area contributed by atoms with E-state index in [1.54, 1.807) is 0 Å². The van der Waals surface area contributed by atoms with E-state index >= 15 is 0 Å². The third-order valence-corrected chi connectivity index (χ3v) is 5.82. The maximum Gasteiger partial charge on any atom is 0.0788 e. The SMILES string of the molecule is Brc1ccc2c(c1)-c1nc3c(ccc4ccc(Br)cc43)cc1CC2. The van der Waals surface area contributed by atoms with Gasteiger partial charge in [-0.25, -0.2) is 4.98 Å². The molecule has 116 valence electrons. The summed E-state index contributed by atoms with van der Waals surface area (Å²) in [6, 6.07) is 19.6. The smallest absolute Gasteiger partial charge is 0.0788 e. The molecule has 0 saturated heterocycles. The molecule has 0 aliphatic heterocycles. The summed E-state index contributed by atoms with van der Waals surface area (Å²) in [5.41, 5.74) is 6.22. The molecule has 0 fully saturated rings. The zero-order chi connectivity index (χ0) is 16.3. The first-order valence-electron chi connectivity index (χ1n) is 8.00. The van der Waals surface area contributed by atoms with Crippen LogP contribution in [0.25, 0.3) is 32.9 Å². The Bertz CT molecular complexity index is 1130. The van der Waals surface area contributed by atoms with Gasteiger partial charge in [0.25, 0.3) is 0 Å². The highest BCUT2D eigenvalue weighted by Crippen LogP contribution is 2.37. The van der Waals surface area contributed by atoms with Crippen LogP contribution in [-0.4, -0.2) is 4.98 Å². The highest BCUT2D eigenvalue weighted by Gasteiger charge is 2.19. The van der Waals surface area contributed by atoms with Crippen molar-refractivity contribution >= 4 is 53.5 Å². The monoisotopic (exact) mass is 437 g/mol. The van der Waals surface area contributed by atoms with Crippen LogP contribution in [0, 0.1) is 0 Å². The number of rotatable bonds is 0. The zero-order valence-corrected chi connectivity index (χ0v) is 16.0. The van der Waals surface area contributed by atoms with Gasteiger partial charge in [-0.2, -0.15) is 0 Å². The van der Waals surface area contributed by atoms with Crippen molar-refractivity contribution < 1.29 is 0 Å². The molecule has 3 aromatic carbocycles. The van der Waals surface area contributed by atoms with Crippen LogP contribution in [0.2, 0.25) is 0 Å². The van der Waals surface area contributed by atoms with Crippen LogP contribution in [0.1, 0.15) is 11.1 Å².